The van der Waals surface area contributed by atoms with Gasteiger partial charge in [-0.2, -0.15) is 0 Å². The zero-order chi connectivity index (χ0) is 15.7. The Labute approximate surface area is 135 Å². The third-order valence-corrected chi connectivity index (χ3v) is 7.45. The Morgan fingerprint density at radius 3 is 2.91 bits per heavy atom. The number of hydrogen-bond donors (Lipinski definition) is 0. The highest BCUT2D eigenvalue weighted by molar-refractivity contribution is 7.91. The molecule has 0 radical (unpaired) electrons. The van der Waals surface area contributed by atoms with Gasteiger partial charge in [0.15, 0.2) is 9.84 Å². The minimum Gasteiger partial charge on any atom is -0.341 e. The number of likely N-dealkylation sites (N-methyl/N-ethyl adjacent to an activating group) is 1. The number of hydrogen-bond acceptors (Lipinski definition) is 5. The van der Waals surface area contributed by atoms with Gasteiger partial charge in [-0.25, -0.2) is 8.42 Å². The normalized spacial score (nSPS) is 28.0. The van der Waals surface area contributed by atoms with E-state index in [9.17, 15) is 13.2 Å². The van der Waals surface area contributed by atoms with E-state index in [1.807, 2.05) is 6.07 Å². The number of carbonyl (C=O) groups excluding carboxylic acids is 1. The van der Waals surface area contributed by atoms with Crippen molar-refractivity contribution in [3.05, 3.63) is 22.4 Å². The molecule has 2 aliphatic rings. The van der Waals surface area contributed by atoms with Crippen molar-refractivity contribution in [1.29, 1.82) is 0 Å². The fraction of sp³-hybridized carbons (Fsp3) is 0.667. The van der Waals surface area contributed by atoms with Crippen molar-refractivity contribution in [3.8, 4) is 0 Å². The lowest BCUT2D eigenvalue weighted by molar-refractivity contribution is -0.133. The molecule has 2 atom stereocenters. The molecule has 0 saturated carbocycles. The van der Waals surface area contributed by atoms with E-state index in [0.29, 0.717) is 19.0 Å². The standard InChI is InChI=1S/C15H22N2O3S2/c1-16(12-6-9-22(19,20)11-12)15(18)10-17-7-2-4-13(17)14-5-3-8-21-14/h3,5,8,12-13H,2,4,6-7,9-11H2,1H3/t12-,13+/m1/s1. The second-order valence-electron chi connectivity index (χ2n) is 6.21. The van der Waals surface area contributed by atoms with Crippen molar-refractivity contribution >= 4 is 27.1 Å². The van der Waals surface area contributed by atoms with Crippen LogP contribution in [-0.2, 0) is 14.6 Å². The van der Waals surface area contributed by atoms with Gasteiger partial charge in [-0.3, -0.25) is 9.69 Å². The highest BCUT2D eigenvalue weighted by Crippen LogP contribution is 2.34. The third-order valence-electron chi connectivity index (χ3n) is 4.72. The van der Waals surface area contributed by atoms with E-state index in [1.165, 1.54) is 4.88 Å². The van der Waals surface area contributed by atoms with Gasteiger partial charge >= 0.3 is 0 Å². The molecule has 0 unspecified atom stereocenters. The molecule has 2 aliphatic heterocycles. The minimum atomic E-state index is -2.95. The quantitative estimate of drug-likeness (QED) is 0.833. The number of rotatable bonds is 4. The van der Waals surface area contributed by atoms with Gasteiger partial charge in [0, 0.05) is 24.0 Å². The molecule has 0 bridgehead atoms. The van der Waals surface area contributed by atoms with Gasteiger partial charge in [-0.15, -0.1) is 11.3 Å². The van der Waals surface area contributed by atoms with Crippen LogP contribution in [-0.4, -0.2) is 61.8 Å². The Morgan fingerprint density at radius 2 is 2.27 bits per heavy atom. The molecular formula is C15H22N2O3S2. The van der Waals surface area contributed by atoms with Crippen LogP contribution in [0.1, 0.15) is 30.2 Å². The minimum absolute atomic E-state index is 0.0329. The summed E-state index contributed by atoms with van der Waals surface area (Å²) in [6.45, 7) is 1.32. The molecule has 22 heavy (non-hydrogen) atoms. The van der Waals surface area contributed by atoms with Gasteiger partial charge in [0.05, 0.1) is 18.1 Å². The summed E-state index contributed by atoms with van der Waals surface area (Å²) in [6, 6.07) is 4.36. The van der Waals surface area contributed by atoms with Crippen molar-refractivity contribution in [2.75, 3.05) is 31.6 Å². The summed E-state index contributed by atoms with van der Waals surface area (Å²) in [6.07, 6.45) is 2.77. The van der Waals surface area contributed by atoms with Crippen molar-refractivity contribution in [2.24, 2.45) is 0 Å². The number of nitrogens with zero attached hydrogens (tertiary/aromatic N) is 2. The number of amides is 1. The maximum absolute atomic E-state index is 12.5. The Kier molecular flexibility index (Phi) is 4.56. The van der Waals surface area contributed by atoms with Gasteiger partial charge in [0.1, 0.15) is 0 Å². The molecule has 0 N–H and O–H groups in total. The van der Waals surface area contributed by atoms with Crippen LogP contribution in [0.4, 0.5) is 0 Å². The lowest BCUT2D eigenvalue weighted by Gasteiger charge is -2.28. The monoisotopic (exact) mass is 342 g/mol. The van der Waals surface area contributed by atoms with Gasteiger partial charge in [-0.05, 0) is 37.3 Å². The number of sulfone groups is 1. The first kappa shape index (κ1) is 16.0. The molecule has 7 heteroatoms. The highest BCUT2D eigenvalue weighted by atomic mass is 32.2. The molecule has 5 nitrogen and oxygen atoms in total. The first-order valence-corrected chi connectivity index (χ1v) is 10.4. The van der Waals surface area contributed by atoms with Crippen LogP contribution in [0.25, 0.3) is 0 Å². The second-order valence-corrected chi connectivity index (χ2v) is 9.41. The van der Waals surface area contributed by atoms with E-state index >= 15 is 0 Å². The molecule has 0 aromatic carbocycles. The second kappa shape index (κ2) is 6.29. The van der Waals surface area contributed by atoms with Crippen LogP contribution in [0.3, 0.4) is 0 Å². The van der Waals surface area contributed by atoms with Crippen molar-refractivity contribution in [2.45, 2.75) is 31.3 Å². The van der Waals surface area contributed by atoms with Gasteiger partial charge in [0.2, 0.25) is 5.91 Å². The molecule has 3 rings (SSSR count). The van der Waals surface area contributed by atoms with Crippen molar-refractivity contribution in [1.82, 2.24) is 9.80 Å². The molecule has 1 amide bonds. The predicted octanol–water partition coefficient (Wildman–Crippen LogP) is 1.53. The maximum Gasteiger partial charge on any atom is 0.236 e. The first-order valence-electron chi connectivity index (χ1n) is 7.70. The smallest absolute Gasteiger partial charge is 0.236 e. The maximum atomic E-state index is 12.5. The lowest BCUT2D eigenvalue weighted by Crippen LogP contribution is -2.43. The van der Waals surface area contributed by atoms with Crippen LogP contribution in [0, 0.1) is 0 Å². The van der Waals surface area contributed by atoms with Gasteiger partial charge < -0.3 is 4.90 Å². The first-order chi connectivity index (χ1) is 10.5. The Hall–Kier alpha value is -0.920. The third kappa shape index (κ3) is 3.36. The average molecular weight is 342 g/mol. The van der Waals surface area contributed by atoms with Crippen molar-refractivity contribution < 1.29 is 13.2 Å². The van der Waals surface area contributed by atoms with Gasteiger partial charge in [0.25, 0.3) is 0 Å². The van der Waals surface area contributed by atoms with E-state index in [4.69, 9.17) is 0 Å². The molecule has 0 aliphatic carbocycles. The van der Waals surface area contributed by atoms with E-state index in [1.54, 1.807) is 23.3 Å². The zero-order valence-electron chi connectivity index (χ0n) is 12.8. The lowest BCUT2D eigenvalue weighted by atomic mass is 10.2. The summed E-state index contributed by atoms with van der Waals surface area (Å²) < 4.78 is 23.1. The molecule has 1 aromatic heterocycles. The van der Waals surface area contributed by atoms with Crippen LogP contribution >= 0.6 is 11.3 Å². The van der Waals surface area contributed by atoms with E-state index < -0.39 is 9.84 Å². The SMILES string of the molecule is CN(C(=O)CN1CCC[C@H]1c1cccs1)[C@@H]1CCS(=O)(=O)C1. The number of thiophene rings is 1. The van der Waals surface area contributed by atoms with Crippen LogP contribution in [0.2, 0.25) is 0 Å². The summed E-state index contributed by atoms with van der Waals surface area (Å²) in [5.41, 5.74) is 0. The highest BCUT2D eigenvalue weighted by Gasteiger charge is 2.34. The summed E-state index contributed by atoms with van der Waals surface area (Å²) >= 11 is 1.74. The molecule has 3 heterocycles. The zero-order valence-corrected chi connectivity index (χ0v) is 14.4. The largest absolute Gasteiger partial charge is 0.341 e. The van der Waals surface area contributed by atoms with E-state index in [0.717, 1.165) is 19.4 Å². The number of likely N-dealkylation sites (tertiary alicyclic amines) is 1. The summed E-state index contributed by atoms with van der Waals surface area (Å²) in [7, 11) is -1.21. The van der Waals surface area contributed by atoms with Crippen LogP contribution in [0.5, 0.6) is 0 Å². The molecule has 1 aromatic rings. The Balaban J connectivity index is 1.61. The molecule has 2 fully saturated rings. The fourth-order valence-corrected chi connectivity index (χ4v) is 6.06. The molecule has 122 valence electrons. The summed E-state index contributed by atoms with van der Waals surface area (Å²) in [5, 5.41) is 2.07. The van der Waals surface area contributed by atoms with Gasteiger partial charge in [-0.1, -0.05) is 6.07 Å². The fourth-order valence-electron chi connectivity index (χ4n) is 3.39. The Bertz CT molecular complexity index is 627. The van der Waals surface area contributed by atoms with Crippen LogP contribution in [0.15, 0.2) is 17.5 Å². The van der Waals surface area contributed by atoms with E-state index in [-0.39, 0.29) is 23.5 Å². The van der Waals surface area contributed by atoms with E-state index in [2.05, 4.69) is 16.3 Å². The molecule has 2 saturated heterocycles. The molecule has 0 spiro atoms. The summed E-state index contributed by atoms with van der Waals surface area (Å²) in [5.74, 6) is 0.353. The average Bonchev–Trinajstić information content (AvgIpc) is 3.17. The topological polar surface area (TPSA) is 57.7 Å². The number of carbonyl (C=O) groups is 1. The summed E-state index contributed by atoms with van der Waals surface area (Å²) in [4.78, 5) is 17.7. The van der Waals surface area contributed by atoms with Crippen molar-refractivity contribution in [3.63, 3.8) is 0 Å². The van der Waals surface area contributed by atoms with Crippen LogP contribution < -0.4 is 0 Å². The predicted molar refractivity (Wildman–Crippen MR) is 87.7 cm³/mol. The Morgan fingerprint density at radius 1 is 1.45 bits per heavy atom. The molecular weight excluding hydrogens is 320 g/mol.